The normalized spacial score (nSPS) is 10.8. The third-order valence-corrected chi connectivity index (χ3v) is 2.32. The van der Waals surface area contributed by atoms with Crippen LogP contribution in [0.25, 0.3) is 6.08 Å². The van der Waals surface area contributed by atoms with Crippen molar-refractivity contribution in [2.75, 3.05) is 5.32 Å². The van der Waals surface area contributed by atoms with Crippen LogP contribution in [0.15, 0.2) is 41.0 Å². The molecule has 0 fully saturated rings. The topological polar surface area (TPSA) is 55.1 Å². The minimum Gasteiger partial charge on any atom is -0.462 e. The SMILES string of the molecule is Cc1ccc(NC(=O)C=Cc2ccc(C)o2)nc1. The van der Waals surface area contributed by atoms with Gasteiger partial charge in [-0.05, 0) is 43.7 Å². The molecule has 2 heterocycles. The van der Waals surface area contributed by atoms with E-state index in [4.69, 9.17) is 4.42 Å². The van der Waals surface area contributed by atoms with Crippen LogP contribution in [-0.2, 0) is 4.79 Å². The van der Waals surface area contributed by atoms with Crippen molar-refractivity contribution in [2.24, 2.45) is 0 Å². The maximum atomic E-state index is 11.6. The summed E-state index contributed by atoms with van der Waals surface area (Å²) in [4.78, 5) is 15.7. The highest BCUT2D eigenvalue weighted by molar-refractivity contribution is 6.01. The second-order valence-corrected chi connectivity index (χ2v) is 3.99. The molecule has 0 bridgehead atoms. The standard InChI is InChI=1S/C14H14N2O2/c1-10-3-7-13(15-9-10)16-14(17)8-6-12-5-4-11(2)18-12/h3-9H,1-2H3,(H,15,16,17). The third-order valence-electron chi connectivity index (χ3n) is 2.32. The first kappa shape index (κ1) is 12.1. The average Bonchev–Trinajstić information content (AvgIpc) is 2.76. The molecule has 0 unspecified atom stereocenters. The highest BCUT2D eigenvalue weighted by Crippen LogP contribution is 2.08. The van der Waals surface area contributed by atoms with Crippen molar-refractivity contribution in [2.45, 2.75) is 13.8 Å². The molecule has 0 aliphatic rings. The fraction of sp³-hybridized carbons (Fsp3) is 0.143. The number of hydrogen-bond donors (Lipinski definition) is 1. The van der Waals surface area contributed by atoms with Crippen LogP contribution in [0.5, 0.6) is 0 Å². The number of rotatable bonds is 3. The Labute approximate surface area is 105 Å². The Morgan fingerprint density at radius 1 is 1.28 bits per heavy atom. The summed E-state index contributed by atoms with van der Waals surface area (Å²) in [5.74, 6) is 1.76. The summed E-state index contributed by atoms with van der Waals surface area (Å²) in [5, 5.41) is 2.67. The molecule has 0 atom stereocenters. The predicted octanol–water partition coefficient (Wildman–Crippen LogP) is 2.94. The van der Waals surface area contributed by atoms with Crippen molar-refractivity contribution in [3.05, 3.63) is 53.6 Å². The first-order valence-corrected chi connectivity index (χ1v) is 5.61. The Bertz CT molecular complexity index is 568. The van der Waals surface area contributed by atoms with Crippen LogP contribution in [-0.4, -0.2) is 10.9 Å². The molecule has 2 aromatic rings. The van der Waals surface area contributed by atoms with Gasteiger partial charge in [-0.25, -0.2) is 4.98 Å². The van der Waals surface area contributed by atoms with Crippen molar-refractivity contribution in [3.63, 3.8) is 0 Å². The van der Waals surface area contributed by atoms with E-state index in [0.29, 0.717) is 11.6 Å². The van der Waals surface area contributed by atoms with Gasteiger partial charge < -0.3 is 9.73 Å². The van der Waals surface area contributed by atoms with E-state index in [1.165, 1.54) is 6.08 Å². The number of aryl methyl sites for hydroxylation is 2. The number of pyridine rings is 1. The zero-order valence-corrected chi connectivity index (χ0v) is 10.3. The molecule has 0 aromatic carbocycles. The summed E-state index contributed by atoms with van der Waals surface area (Å²) in [6, 6.07) is 7.31. The van der Waals surface area contributed by atoms with Crippen LogP contribution < -0.4 is 5.32 Å². The van der Waals surface area contributed by atoms with Gasteiger partial charge in [-0.1, -0.05) is 6.07 Å². The molecule has 2 aromatic heterocycles. The van der Waals surface area contributed by atoms with Crippen LogP contribution in [0.3, 0.4) is 0 Å². The smallest absolute Gasteiger partial charge is 0.249 e. The number of carbonyl (C=O) groups excluding carboxylic acids is 1. The molecule has 0 saturated heterocycles. The fourth-order valence-corrected chi connectivity index (χ4v) is 1.41. The van der Waals surface area contributed by atoms with Gasteiger partial charge in [-0.2, -0.15) is 0 Å². The summed E-state index contributed by atoms with van der Waals surface area (Å²) in [7, 11) is 0. The molecular weight excluding hydrogens is 228 g/mol. The second-order valence-electron chi connectivity index (χ2n) is 3.99. The van der Waals surface area contributed by atoms with Gasteiger partial charge in [0.05, 0.1) is 0 Å². The molecule has 4 heteroatoms. The fourth-order valence-electron chi connectivity index (χ4n) is 1.41. The van der Waals surface area contributed by atoms with Crippen LogP contribution in [0.1, 0.15) is 17.1 Å². The summed E-state index contributed by atoms with van der Waals surface area (Å²) < 4.78 is 5.32. The molecular formula is C14H14N2O2. The molecule has 2 rings (SSSR count). The number of nitrogens with one attached hydrogen (secondary N) is 1. The predicted molar refractivity (Wildman–Crippen MR) is 70.1 cm³/mol. The molecule has 18 heavy (non-hydrogen) atoms. The second kappa shape index (κ2) is 5.31. The number of carbonyl (C=O) groups is 1. The van der Waals surface area contributed by atoms with Gasteiger partial charge in [-0.3, -0.25) is 4.79 Å². The van der Waals surface area contributed by atoms with Crippen LogP contribution in [0, 0.1) is 13.8 Å². The van der Waals surface area contributed by atoms with Gasteiger partial charge in [0, 0.05) is 12.3 Å². The van der Waals surface area contributed by atoms with E-state index in [9.17, 15) is 4.79 Å². The molecule has 1 amide bonds. The van der Waals surface area contributed by atoms with Gasteiger partial charge >= 0.3 is 0 Å². The first-order chi connectivity index (χ1) is 8.63. The van der Waals surface area contributed by atoms with E-state index in [-0.39, 0.29) is 5.91 Å². The van der Waals surface area contributed by atoms with E-state index in [2.05, 4.69) is 10.3 Å². The number of hydrogen-bond acceptors (Lipinski definition) is 3. The lowest BCUT2D eigenvalue weighted by atomic mass is 10.3. The molecule has 0 spiro atoms. The van der Waals surface area contributed by atoms with Crippen molar-refractivity contribution in [3.8, 4) is 0 Å². The van der Waals surface area contributed by atoms with Crippen LogP contribution in [0.2, 0.25) is 0 Å². The van der Waals surface area contributed by atoms with E-state index in [0.717, 1.165) is 11.3 Å². The zero-order chi connectivity index (χ0) is 13.0. The minimum atomic E-state index is -0.236. The molecule has 92 valence electrons. The van der Waals surface area contributed by atoms with Gasteiger partial charge in [-0.15, -0.1) is 0 Å². The summed E-state index contributed by atoms with van der Waals surface area (Å²) in [6.07, 6.45) is 4.74. The van der Waals surface area contributed by atoms with Gasteiger partial charge in [0.25, 0.3) is 0 Å². The van der Waals surface area contributed by atoms with Crippen LogP contribution in [0.4, 0.5) is 5.82 Å². The molecule has 4 nitrogen and oxygen atoms in total. The Morgan fingerprint density at radius 2 is 2.11 bits per heavy atom. The Balaban J connectivity index is 1.96. The van der Waals surface area contributed by atoms with Crippen molar-refractivity contribution in [1.29, 1.82) is 0 Å². The van der Waals surface area contributed by atoms with E-state index < -0.39 is 0 Å². The Morgan fingerprint density at radius 3 is 2.72 bits per heavy atom. The lowest BCUT2D eigenvalue weighted by Crippen LogP contribution is -2.08. The highest BCUT2D eigenvalue weighted by atomic mass is 16.3. The van der Waals surface area contributed by atoms with Crippen LogP contribution >= 0.6 is 0 Å². The van der Waals surface area contributed by atoms with Gasteiger partial charge in [0.1, 0.15) is 17.3 Å². The number of amides is 1. The number of aromatic nitrogens is 1. The highest BCUT2D eigenvalue weighted by Gasteiger charge is 1.99. The average molecular weight is 242 g/mol. The van der Waals surface area contributed by atoms with E-state index in [1.54, 1.807) is 18.3 Å². The Kier molecular flexibility index (Phi) is 3.57. The number of furan rings is 1. The molecule has 0 saturated carbocycles. The van der Waals surface area contributed by atoms with Crippen molar-refractivity contribution < 1.29 is 9.21 Å². The summed E-state index contributed by atoms with van der Waals surface area (Å²) >= 11 is 0. The number of anilines is 1. The lowest BCUT2D eigenvalue weighted by Gasteiger charge is -2.00. The monoisotopic (exact) mass is 242 g/mol. The lowest BCUT2D eigenvalue weighted by molar-refractivity contribution is -0.111. The number of nitrogens with zero attached hydrogens (tertiary/aromatic N) is 1. The largest absolute Gasteiger partial charge is 0.462 e. The maximum absolute atomic E-state index is 11.6. The van der Waals surface area contributed by atoms with Gasteiger partial charge in [0.15, 0.2) is 0 Å². The van der Waals surface area contributed by atoms with E-state index >= 15 is 0 Å². The Hall–Kier alpha value is -2.36. The van der Waals surface area contributed by atoms with Crippen molar-refractivity contribution in [1.82, 2.24) is 4.98 Å². The zero-order valence-electron chi connectivity index (χ0n) is 10.3. The third kappa shape index (κ3) is 3.31. The minimum absolute atomic E-state index is 0.236. The summed E-state index contributed by atoms with van der Waals surface area (Å²) in [6.45, 7) is 3.80. The summed E-state index contributed by atoms with van der Waals surface area (Å²) in [5.41, 5.74) is 1.05. The molecule has 1 N–H and O–H groups in total. The molecule has 0 aliphatic heterocycles. The van der Waals surface area contributed by atoms with Crippen molar-refractivity contribution >= 4 is 17.8 Å². The molecule has 0 radical (unpaired) electrons. The van der Waals surface area contributed by atoms with Gasteiger partial charge in [0.2, 0.25) is 5.91 Å². The first-order valence-electron chi connectivity index (χ1n) is 5.61. The van der Waals surface area contributed by atoms with E-state index in [1.807, 2.05) is 32.0 Å². The quantitative estimate of drug-likeness (QED) is 0.842. The maximum Gasteiger partial charge on any atom is 0.249 e. The molecule has 0 aliphatic carbocycles.